The third kappa shape index (κ3) is 4.64. The van der Waals surface area contributed by atoms with E-state index in [9.17, 15) is 8.42 Å². The molecule has 0 atom stereocenters. The van der Waals surface area contributed by atoms with Gasteiger partial charge in [0, 0.05) is 25.4 Å². The highest BCUT2D eigenvalue weighted by molar-refractivity contribution is 7.89. The smallest absolute Gasteiger partial charge is 0.243 e. The van der Waals surface area contributed by atoms with E-state index in [1.54, 1.807) is 25.4 Å². The molecule has 2 aromatic carbocycles. The molecule has 1 heterocycles. The number of sulfonamides is 1. The Morgan fingerprint density at radius 2 is 1.67 bits per heavy atom. The second-order valence-electron chi connectivity index (χ2n) is 7.02. The van der Waals surface area contributed by atoms with E-state index in [2.05, 4.69) is 18.9 Å². The predicted octanol–water partition coefficient (Wildman–Crippen LogP) is 3.88. The topological polar surface area (TPSA) is 55.2 Å². The first-order chi connectivity index (χ1) is 12.9. The van der Waals surface area contributed by atoms with Gasteiger partial charge in [0.15, 0.2) is 0 Å². The van der Waals surface area contributed by atoms with Crippen LogP contribution >= 0.6 is 0 Å². The summed E-state index contributed by atoms with van der Waals surface area (Å²) in [6.07, 6.45) is 3.61. The van der Waals surface area contributed by atoms with Crippen LogP contribution in [-0.4, -0.2) is 29.6 Å². The monoisotopic (exact) mass is 383 g/mol. The van der Waals surface area contributed by atoms with Crippen LogP contribution in [-0.2, 0) is 23.1 Å². The van der Waals surface area contributed by atoms with Crippen LogP contribution in [0.15, 0.2) is 71.9 Å². The molecule has 0 fully saturated rings. The van der Waals surface area contributed by atoms with Crippen molar-refractivity contribution in [3.63, 3.8) is 0 Å². The van der Waals surface area contributed by atoms with Gasteiger partial charge in [-0.05, 0) is 29.2 Å². The Kier molecular flexibility index (Phi) is 5.77. The van der Waals surface area contributed by atoms with E-state index in [4.69, 9.17) is 0 Å². The Morgan fingerprint density at radius 3 is 2.30 bits per heavy atom. The molecule has 3 aromatic rings. The summed E-state index contributed by atoms with van der Waals surface area (Å²) in [5, 5.41) is 4.35. The molecule has 0 aliphatic carbocycles. The van der Waals surface area contributed by atoms with E-state index in [1.165, 1.54) is 4.31 Å². The van der Waals surface area contributed by atoms with Crippen molar-refractivity contribution in [2.45, 2.75) is 37.8 Å². The molecule has 0 aliphatic rings. The Labute approximate surface area is 161 Å². The Balaban J connectivity index is 1.70. The summed E-state index contributed by atoms with van der Waals surface area (Å²) in [7, 11) is -1.94. The fourth-order valence-corrected chi connectivity index (χ4v) is 4.05. The Hall–Kier alpha value is -2.44. The quantitative estimate of drug-likeness (QED) is 0.622. The Bertz CT molecular complexity index is 978. The second-order valence-corrected chi connectivity index (χ2v) is 9.06. The number of aromatic nitrogens is 2. The van der Waals surface area contributed by atoms with Crippen LogP contribution in [0.3, 0.4) is 0 Å². The molecule has 142 valence electrons. The SMILES string of the molecule is CC(C)c1ccc(S(=O)(=O)N(C)Cc2cnn(Cc3ccccc3)c2)cc1. The highest BCUT2D eigenvalue weighted by atomic mass is 32.2. The normalized spacial score (nSPS) is 12.0. The summed E-state index contributed by atoms with van der Waals surface area (Å²) >= 11 is 0. The van der Waals surface area contributed by atoms with Gasteiger partial charge in [-0.2, -0.15) is 9.40 Å². The molecule has 0 radical (unpaired) electrons. The minimum atomic E-state index is -3.53. The molecule has 0 saturated heterocycles. The van der Waals surface area contributed by atoms with Crippen molar-refractivity contribution >= 4 is 10.0 Å². The lowest BCUT2D eigenvalue weighted by molar-refractivity contribution is 0.466. The van der Waals surface area contributed by atoms with Gasteiger partial charge in [-0.25, -0.2) is 8.42 Å². The number of benzene rings is 2. The van der Waals surface area contributed by atoms with Crippen molar-refractivity contribution in [1.82, 2.24) is 14.1 Å². The largest absolute Gasteiger partial charge is 0.268 e. The van der Waals surface area contributed by atoms with Crippen molar-refractivity contribution in [3.05, 3.63) is 83.7 Å². The van der Waals surface area contributed by atoms with Crippen LogP contribution in [0, 0.1) is 0 Å². The van der Waals surface area contributed by atoms with Gasteiger partial charge in [0.2, 0.25) is 10.0 Å². The zero-order valence-electron chi connectivity index (χ0n) is 15.9. The molecule has 1 aromatic heterocycles. The molecule has 0 unspecified atom stereocenters. The van der Waals surface area contributed by atoms with Crippen LogP contribution in [0.2, 0.25) is 0 Å². The second kappa shape index (κ2) is 8.06. The predicted molar refractivity (Wildman–Crippen MR) is 107 cm³/mol. The van der Waals surface area contributed by atoms with Gasteiger partial charge >= 0.3 is 0 Å². The molecule has 0 bridgehead atoms. The lowest BCUT2D eigenvalue weighted by Crippen LogP contribution is -2.26. The van der Waals surface area contributed by atoms with Gasteiger partial charge in [-0.15, -0.1) is 0 Å². The van der Waals surface area contributed by atoms with Gasteiger partial charge in [0.25, 0.3) is 0 Å². The molecule has 5 nitrogen and oxygen atoms in total. The fraction of sp³-hybridized carbons (Fsp3) is 0.286. The van der Waals surface area contributed by atoms with Crippen molar-refractivity contribution < 1.29 is 8.42 Å². The lowest BCUT2D eigenvalue weighted by atomic mass is 10.0. The van der Waals surface area contributed by atoms with Crippen LogP contribution < -0.4 is 0 Å². The van der Waals surface area contributed by atoms with E-state index in [-0.39, 0.29) is 6.54 Å². The van der Waals surface area contributed by atoms with Crippen LogP contribution in [0.25, 0.3) is 0 Å². The van der Waals surface area contributed by atoms with Crippen molar-refractivity contribution in [2.24, 2.45) is 0 Å². The van der Waals surface area contributed by atoms with Crippen molar-refractivity contribution in [1.29, 1.82) is 0 Å². The lowest BCUT2D eigenvalue weighted by Gasteiger charge is -2.17. The minimum Gasteiger partial charge on any atom is -0.268 e. The summed E-state index contributed by atoms with van der Waals surface area (Å²) in [5.74, 6) is 0.370. The highest BCUT2D eigenvalue weighted by Crippen LogP contribution is 2.20. The summed E-state index contributed by atoms with van der Waals surface area (Å²) in [6, 6.07) is 17.2. The molecule has 0 amide bonds. The minimum absolute atomic E-state index is 0.281. The first-order valence-electron chi connectivity index (χ1n) is 8.98. The average Bonchev–Trinajstić information content (AvgIpc) is 3.09. The van der Waals surface area contributed by atoms with E-state index in [0.29, 0.717) is 17.4 Å². The van der Waals surface area contributed by atoms with E-state index in [0.717, 1.165) is 16.7 Å². The number of nitrogens with zero attached hydrogens (tertiary/aromatic N) is 3. The third-order valence-corrected chi connectivity index (χ3v) is 6.35. The van der Waals surface area contributed by atoms with E-state index >= 15 is 0 Å². The van der Waals surface area contributed by atoms with Gasteiger partial charge in [-0.3, -0.25) is 4.68 Å². The fourth-order valence-electron chi connectivity index (χ4n) is 2.89. The zero-order valence-corrected chi connectivity index (χ0v) is 16.7. The summed E-state index contributed by atoms with van der Waals surface area (Å²) in [4.78, 5) is 0.311. The molecule has 3 rings (SSSR count). The average molecular weight is 384 g/mol. The summed E-state index contributed by atoms with van der Waals surface area (Å²) < 4.78 is 28.8. The van der Waals surface area contributed by atoms with E-state index in [1.807, 2.05) is 53.3 Å². The summed E-state index contributed by atoms with van der Waals surface area (Å²) in [5.41, 5.74) is 3.13. The molecule has 0 saturated carbocycles. The molecule has 27 heavy (non-hydrogen) atoms. The molecule has 6 heteroatoms. The van der Waals surface area contributed by atoms with Gasteiger partial charge in [-0.1, -0.05) is 56.3 Å². The maximum Gasteiger partial charge on any atom is 0.243 e. The zero-order chi connectivity index (χ0) is 19.4. The number of hydrogen-bond donors (Lipinski definition) is 0. The third-order valence-electron chi connectivity index (χ3n) is 4.53. The maximum atomic E-state index is 12.8. The molecule has 0 N–H and O–H groups in total. The first kappa shape index (κ1) is 19.3. The van der Waals surface area contributed by atoms with Crippen molar-refractivity contribution in [3.8, 4) is 0 Å². The molecular formula is C21H25N3O2S. The molecule has 0 spiro atoms. The number of rotatable bonds is 7. The van der Waals surface area contributed by atoms with E-state index < -0.39 is 10.0 Å². The van der Waals surface area contributed by atoms with Crippen LogP contribution in [0.1, 0.15) is 36.5 Å². The number of hydrogen-bond acceptors (Lipinski definition) is 3. The molecule has 0 aliphatic heterocycles. The first-order valence-corrected chi connectivity index (χ1v) is 10.4. The van der Waals surface area contributed by atoms with Crippen LogP contribution in [0.5, 0.6) is 0 Å². The maximum absolute atomic E-state index is 12.8. The van der Waals surface area contributed by atoms with Crippen LogP contribution in [0.4, 0.5) is 0 Å². The van der Waals surface area contributed by atoms with Gasteiger partial charge < -0.3 is 0 Å². The van der Waals surface area contributed by atoms with Gasteiger partial charge in [0.1, 0.15) is 0 Å². The van der Waals surface area contributed by atoms with Crippen molar-refractivity contribution in [2.75, 3.05) is 7.05 Å². The Morgan fingerprint density at radius 1 is 1.00 bits per heavy atom. The standard InChI is InChI=1S/C21H25N3O2S/c1-17(2)20-9-11-21(12-10-20)27(25,26)23(3)14-19-13-22-24(16-19)15-18-7-5-4-6-8-18/h4-13,16-17H,14-15H2,1-3H3. The van der Waals surface area contributed by atoms with Gasteiger partial charge in [0.05, 0.1) is 17.6 Å². The molecular weight excluding hydrogens is 358 g/mol. The highest BCUT2D eigenvalue weighted by Gasteiger charge is 2.21. The summed E-state index contributed by atoms with van der Waals surface area (Å²) in [6.45, 7) is 5.11.